The number of aromatic nitrogens is 2. The molecule has 0 bridgehead atoms. The van der Waals surface area contributed by atoms with Crippen LogP contribution in [0, 0.1) is 0 Å². The number of unbranched alkanes of at least 4 members (excludes halogenated alkanes) is 1. The lowest BCUT2D eigenvalue weighted by Gasteiger charge is -2.26. The van der Waals surface area contributed by atoms with Gasteiger partial charge < -0.3 is 0 Å². The van der Waals surface area contributed by atoms with E-state index in [9.17, 15) is 0 Å². The van der Waals surface area contributed by atoms with E-state index in [2.05, 4.69) is 11.9 Å². The molecular formula is C23H23Cl2N3S2. The molecule has 1 aliphatic carbocycles. The number of allylic oxidation sites excluding steroid dienone is 1. The van der Waals surface area contributed by atoms with E-state index in [1.165, 1.54) is 54.0 Å². The topological polar surface area (TPSA) is 38.1 Å². The molecule has 3 aliphatic rings. The zero-order valence-corrected chi connectivity index (χ0v) is 20.0. The number of halogens is 2. The molecule has 156 valence electrons. The second-order valence-corrected chi connectivity index (χ2v) is 10.8. The summed E-state index contributed by atoms with van der Waals surface area (Å²) in [5, 5.41) is 2.63. The molecule has 2 atom stereocenters. The summed E-state index contributed by atoms with van der Waals surface area (Å²) >= 11 is 16.3. The van der Waals surface area contributed by atoms with Crippen LogP contribution in [0.3, 0.4) is 0 Å². The zero-order valence-electron chi connectivity index (χ0n) is 16.8. The Balaban J connectivity index is 1.45. The maximum Gasteiger partial charge on any atom is 0.117 e. The van der Waals surface area contributed by atoms with Crippen molar-refractivity contribution < 1.29 is 0 Å². The number of hydrogen-bond acceptors (Lipinski definition) is 5. The summed E-state index contributed by atoms with van der Waals surface area (Å²) in [4.78, 5) is 15.8. The maximum atomic E-state index is 6.37. The van der Waals surface area contributed by atoms with Crippen molar-refractivity contribution in [3.8, 4) is 0 Å². The fourth-order valence-electron chi connectivity index (χ4n) is 4.61. The predicted molar refractivity (Wildman–Crippen MR) is 128 cm³/mol. The molecule has 3 nitrogen and oxygen atoms in total. The second kappa shape index (κ2) is 8.85. The van der Waals surface area contributed by atoms with Gasteiger partial charge in [0.1, 0.15) is 16.7 Å². The minimum Gasteiger partial charge on any atom is -0.274 e. The Hall–Kier alpha value is -1.01. The van der Waals surface area contributed by atoms with Crippen LogP contribution < -0.4 is 0 Å². The van der Waals surface area contributed by atoms with Crippen LogP contribution in [0.15, 0.2) is 50.6 Å². The molecular weight excluding hydrogens is 453 g/mol. The Kier molecular flexibility index (Phi) is 6.16. The number of aliphatic imine (C=N–C) groups is 1. The first-order chi connectivity index (χ1) is 14.7. The summed E-state index contributed by atoms with van der Waals surface area (Å²) in [6.45, 7) is 2.25. The quantitative estimate of drug-likeness (QED) is 0.316. The number of thioether (sulfide) groups is 2. The standard InChI is InChI=1S/C23H23Cl2N3S2/c1-2-3-10-18-13-6-4-7-14(13)19-20-21(30-22(19)28-18)23(27-12-26-20)29-11-15-16(24)8-5-9-17(15)25/h5,8-9,12,19,22H,2-4,6-7,10-11H2,1H3. The monoisotopic (exact) mass is 475 g/mol. The van der Waals surface area contributed by atoms with Gasteiger partial charge in [-0.3, -0.25) is 4.99 Å². The molecule has 30 heavy (non-hydrogen) atoms. The fourth-order valence-corrected chi connectivity index (χ4v) is 7.87. The Morgan fingerprint density at radius 2 is 2.00 bits per heavy atom. The van der Waals surface area contributed by atoms with Crippen molar-refractivity contribution in [3.63, 3.8) is 0 Å². The number of benzene rings is 1. The highest BCUT2D eigenvalue weighted by molar-refractivity contribution is 8.02. The summed E-state index contributed by atoms with van der Waals surface area (Å²) in [7, 11) is 0. The van der Waals surface area contributed by atoms with Gasteiger partial charge in [0, 0.05) is 21.5 Å². The Morgan fingerprint density at radius 3 is 2.80 bits per heavy atom. The number of fused-ring (bicyclic) bond motifs is 4. The number of dihydropyridines is 1. The Bertz CT molecular complexity index is 1030. The van der Waals surface area contributed by atoms with Crippen LogP contribution in [0.2, 0.25) is 10.0 Å². The molecule has 0 saturated heterocycles. The molecule has 0 saturated carbocycles. The lowest BCUT2D eigenvalue weighted by Crippen LogP contribution is -2.21. The summed E-state index contributed by atoms with van der Waals surface area (Å²) in [5.74, 6) is 1.01. The highest BCUT2D eigenvalue weighted by atomic mass is 35.5. The van der Waals surface area contributed by atoms with E-state index < -0.39 is 0 Å². The maximum absolute atomic E-state index is 6.37. The van der Waals surface area contributed by atoms with Gasteiger partial charge in [0.2, 0.25) is 0 Å². The lowest BCUT2D eigenvalue weighted by molar-refractivity contribution is 0.687. The lowest BCUT2D eigenvalue weighted by atomic mass is 9.87. The van der Waals surface area contributed by atoms with E-state index in [0.717, 1.165) is 17.0 Å². The van der Waals surface area contributed by atoms with Crippen molar-refractivity contribution in [1.82, 2.24) is 9.97 Å². The van der Waals surface area contributed by atoms with Crippen molar-refractivity contribution >= 4 is 52.4 Å². The summed E-state index contributed by atoms with van der Waals surface area (Å²) in [6.07, 6.45) is 8.85. The van der Waals surface area contributed by atoms with E-state index >= 15 is 0 Å². The third-order valence-corrected chi connectivity index (χ3v) is 9.18. The van der Waals surface area contributed by atoms with E-state index in [0.29, 0.717) is 21.7 Å². The summed E-state index contributed by atoms with van der Waals surface area (Å²) < 4.78 is 0. The van der Waals surface area contributed by atoms with Gasteiger partial charge >= 0.3 is 0 Å². The van der Waals surface area contributed by atoms with Crippen LogP contribution in [0.5, 0.6) is 0 Å². The molecule has 0 N–H and O–H groups in total. The van der Waals surface area contributed by atoms with Gasteiger partial charge in [-0.05, 0) is 55.4 Å². The van der Waals surface area contributed by atoms with E-state index in [1.54, 1.807) is 23.7 Å². The van der Waals surface area contributed by atoms with Crippen molar-refractivity contribution in [2.45, 2.75) is 72.4 Å². The van der Waals surface area contributed by atoms with Gasteiger partial charge in [-0.15, -0.1) is 11.8 Å². The van der Waals surface area contributed by atoms with Crippen molar-refractivity contribution in [1.29, 1.82) is 0 Å². The molecule has 0 spiro atoms. The molecule has 3 heterocycles. The highest BCUT2D eigenvalue weighted by Gasteiger charge is 2.44. The SMILES string of the molecule is CCCCC1=NC2Sc3c(SCc4c(Cl)cccc4Cl)ncnc3C2C2=C1CCC2. The molecule has 2 aromatic rings. The predicted octanol–water partition coefficient (Wildman–Crippen LogP) is 7.72. The molecule has 2 aliphatic heterocycles. The molecule has 1 aromatic heterocycles. The van der Waals surface area contributed by atoms with Gasteiger partial charge in [0.25, 0.3) is 0 Å². The van der Waals surface area contributed by atoms with Gasteiger partial charge in [0.15, 0.2) is 0 Å². The molecule has 0 radical (unpaired) electrons. The summed E-state index contributed by atoms with van der Waals surface area (Å²) in [6, 6.07) is 5.65. The first-order valence-electron chi connectivity index (χ1n) is 10.5. The van der Waals surface area contributed by atoms with Crippen molar-refractivity contribution in [3.05, 3.63) is 57.0 Å². The first-order valence-corrected chi connectivity index (χ1v) is 13.2. The Labute approximate surface area is 196 Å². The minimum absolute atomic E-state index is 0.212. The van der Waals surface area contributed by atoms with Crippen molar-refractivity contribution in [2.24, 2.45) is 4.99 Å². The average Bonchev–Trinajstić information content (AvgIpc) is 3.36. The van der Waals surface area contributed by atoms with E-state index in [1.807, 2.05) is 30.0 Å². The number of rotatable bonds is 6. The normalized spacial score (nSPS) is 22.0. The molecule has 5 rings (SSSR count). The summed E-state index contributed by atoms with van der Waals surface area (Å²) in [5.41, 5.74) is 6.61. The fraction of sp³-hybridized carbons (Fsp3) is 0.435. The van der Waals surface area contributed by atoms with Crippen LogP contribution in [-0.4, -0.2) is 21.1 Å². The Morgan fingerprint density at radius 1 is 1.17 bits per heavy atom. The molecule has 0 fully saturated rings. The molecule has 1 aromatic carbocycles. The van der Waals surface area contributed by atoms with Gasteiger partial charge in [-0.25, -0.2) is 9.97 Å². The number of hydrogen-bond donors (Lipinski definition) is 0. The van der Waals surface area contributed by atoms with Crippen LogP contribution in [0.4, 0.5) is 0 Å². The smallest absolute Gasteiger partial charge is 0.117 e. The molecule has 2 unspecified atom stereocenters. The molecule has 0 amide bonds. The average molecular weight is 476 g/mol. The zero-order chi connectivity index (χ0) is 20.7. The minimum atomic E-state index is 0.212. The van der Waals surface area contributed by atoms with Gasteiger partial charge in [-0.1, -0.05) is 59.9 Å². The highest BCUT2D eigenvalue weighted by Crippen LogP contribution is 2.56. The van der Waals surface area contributed by atoms with Crippen LogP contribution in [-0.2, 0) is 5.75 Å². The van der Waals surface area contributed by atoms with Crippen LogP contribution in [0.1, 0.15) is 62.6 Å². The van der Waals surface area contributed by atoms with Crippen molar-refractivity contribution in [2.75, 3.05) is 0 Å². The largest absolute Gasteiger partial charge is 0.274 e. The van der Waals surface area contributed by atoms with E-state index in [4.69, 9.17) is 33.2 Å². The first kappa shape index (κ1) is 20.9. The van der Waals surface area contributed by atoms with Crippen LogP contribution in [0.25, 0.3) is 0 Å². The second-order valence-electron chi connectivity index (χ2n) is 7.90. The van der Waals surface area contributed by atoms with Crippen LogP contribution >= 0.6 is 46.7 Å². The molecule has 7 heteroatoms. The van der Waals surface area contributed by atoms with Gasteiger partial charge in [-0.2, -0.15) is 0 Å². The third kappa shape index (κ3) is 3.72. The number of nitrogens with zero attached hydrogens (tertiary/aromatic N) is 3. The van der Waals surface area contributed by atoms with E-state index in [-0.39, 0.29) is 5.37 Å². The van der Waals surface area contributed by atoms with Gasteiger partial charge in [0.05, 0.1) is 16.5 Å². The third-order valence-electron chi connectivity index (χ3n) is 6.07.